The fourth-order valence-corrected chi connectivity index (χ4v) is 5.54. The molecule has 0 unspecified atom stereocenters. The van der Waals surface area contributed by atoms with Crippen molar-refractivity contribution in [2.75, 3.05) is 6.54 Å². The van der Waals surface area contributed by atoms with E-state index in [1.807, 2.05) is 6.07 Å². The van der Waals surface area contributed by atoms with E-state index in [0.29, 0.717) is 13.0 Å². The molecule has 1 aromatic carbocycles. The number of halogens is 3. The number of nitriles is 1. The van der Waals surface area contributed by atoms with Crippen LogP contribution in [0.4, 0.5) is 8.78 Å². The van der Waals surface area contributed by atoms with Gasteiger partial charge in [0, 0.05) is 29.9 Å². The van der Waals surface area contributed by atoms with E-state index in [0.717, 1.165) is 4.90 Å². The minimum Gasteiger partial charge on any atom is -0.378 e. The van der Waals surface area contributed by atoms with Gasteiger partial charge in [-0.15, -0.1) is 0 Å². The maximum absolute atomic E-state index is 14.8. The van der Waals surface area contributed by atoms with Crippen LogP contribution in [-0.2, 0) is 14.4 Å². The first-order valence-corrected chi connectivity index (χ1v) is 11.6. The Labute approximate surface area is 200 Å². The Morgan fingerprint density at radius 2 is 2.12 bits per heavy atom. The second-order valence-corrected chi connectivity index (χ2v) is 9.59. The van der Waals surface area contributed by atoms with E-state index < -0.39 is 60.2 Å². The SMILES string of the molecule is N#C[C@H](C[C@H]1CCNC1=O)NC(=O)[C@@H]1[C@@H]2CC[C@@H](CC2(F)F)N1C(=O)[C@H](O)c1cccc(Cl)c1. The van der Waals surface area contributed by atoms with Gasteiger partial charge in [0.1, 0.15) is 12.1 Å². The van der Waals surface area contributed by atoms with Crippen LogP contribution >= 0.6 is 11.6 Å². The average molecular weight is 495 g/mol. The molecule has 4 aliphatic rings. The molecule has 34 heavy (non-hydrogen) atoms. The summed E-state index contributed by atoms with van der Waals surface area (Å²) in [6, 6.07) is 4.35. The number of carbonyl (C=O) groups excluding carboxylic acids is 3. The molecule has 0 aromatic heterocycles. The number of nitrogens with one attached hydrogen (secondary N) is 2. The van der Waals surface area contributed by atoms with Gasteiger partial charge >= 0.3 is 0 Å². The van der Waals surface area contributed by atoms with E-state index in [9.17, 15) is 33.5 Å². The quantitative estimate of drug-likeness (QED) is 0.557. The number of benzene rings is 1. The Balaban J connectivity index is 1.58. The molecule has 3 amide bonds. The molecular formula is C23H25ClF2N4O4. The molecule has 1 aromatic rings. The molecule has 0 spiro atoms. The number of aliphatic hydroxyl groups is 1. The number of rotatable bonds is 6. The van der Waals surface area contributed by atoms with Gasteiger partial charge in [0.05, 0.1) is 12.0 Å². The van der Waals surface area contributed by atoms with Crippen LogP contribution in [0.3, 0.4) is 0 Å². The summed E-state index contributed by atoms with van der Waals surface area (Å²) in [4.78, 5) is 39.4. The molecule has 3 aliphatic heterocycles. The van der Waals surface area contributed by atoms with Gasteiger partial charge < -0.3 is 20.6 Å². The summed E-state index contributed by atoms with van der Waals surface area (Å²) >= 11 is 5.95. The maximum atomic E-state index is 14.8. The van der Waals surface area contributed by atoms with E-state index >= 15 is 0 Å². The molecule has 11 heteroatoms. The van der Waals surface area contributed by atoms with Crippen molar-refractivity contribution in [2.45, 2.75) is 62.3 Å². The Kier molecular flexibility index (Phi) is 6.78. The topological polar surface area (TPSA) is 123 Å². The molecule has 3 heterocycles. The van der Waals surface area contributed by atoms with Crippen molar-refractivity contribution in [3.63, 3.8) is 0 Å². The van der Waals surface area contributed by atoms with Crippen LogP contribution in [0.1, 0.15) is 43.8 Å². The van der Waals surface area contributed by atoms with Crippen LogP contribution in [0, 0.1) is 23.2 Å². The molecule has 1 aliphatic carbocycles. The first kappa shape index (κ1) is 24.4. The highest BCUT2D eigenvalue weighted by Crippen LogP contribution is 2.49. The van der Waals surface area contributed by atoms with Gasteiger partial charge in [0.2, 0.25) is 11.8 Å². The van der Waals surface area contributed by atoms with Crippen molar-refractivity contribution in [3.05, 3.63) is 34.9 Å². The largest absolute Gasteiger partial charge is 0.378 e. The first-order valence-electron chi connectivity index (χ1n) is 11.2. The predicted molar refractivity (Wildman–Crippen MR) is 116 cm³/mol. The summed E-state index contributed by atoms with van der Waals surface area (Å²) in [6.45, 7) is 0.470. The van der Waals surface area contributed by atoms with Crippen LogP contribution in [0.25, 0.3) is 0 Å². The van der Waals surface area contributed by atoms with E-state index in [4.69, 9.17) is 11.6 Å². The van der Waals surface area contributed by atoms with E-state index in [-0.39, 0.29) is 35.8 Å². The Morgan fingerprint density at radius 3 is 2.74 bits per heavy atom. The van der Waals surface area contributed by atoms with Crippen molar-refractivity contribution < 1.29 is 28.3 Å². The monoisotopic (exact) mass is 494 g/mol. The summed E-state index contributed by atoms with van der Waals surface area (Å²) in [5.41, 5.74) is 0.187. The molecule has 3 saturated heterocycles. The zero-order valence-electron chi connectivity index (χ0n) is 18.2. The summed E-state index contributed by atoms with van der Waals surface area (Å²) in [5.74, 6) is -7.05. The predicted octanol–water partition coefficient (Wildman–Crippen LogP) is 1.92. The standard InChI is InChI=1S/C23H25ClF2N4O4/c24-14-3-1-2-12(8-14)19(31)22(34)30-16-4-5-17(23(25,26)10-16)18(30)21(33)29-15(11-27)9-13-6-7-28-20(13)32/h1-3,8,13,15-19,31H,4-7,9-10H2,(H,28,32)(H,29,33)/t13-,15+,16+,17+,18+,19-/m1/s1. The van der Waals surface area contributed by atoms with Crippen molar-refractivity contribution in [2.24, 2.45) is 11.8 Å². The van der Waals surface area contributed by atoms with Crippen LogP contribution in [0.5, 0.6) is 0 Å². The number of carbonyl (C=O) groups is 3. The molecule has 1 saturated carbocycles. The van der Waals surface area contributed by atoms with Gasteiger partial charge in [0.15, 0.2) is 6.10 Å². The van der Waals surface area contributed by atoms with Crippen molar-refractivity contribution in [1.29, 1.82) is 5.26 Å². The molecule has 2 bridgehead atoms. The van der Waals surface area contributed by atoms with Crippen molar-refractivity contribution in [3.8, 4) is 6.07 Å². The smallest absolute Gasteiger partial charge is 0.256 e. The number of hydrogen-bond acceptors (Lipinski definition) is 5. The first-order chi connectivity index (χ1) is 16.1. The van der Waals surface area contributed by atoms with Gasteiger partial charge in [-0.3, -0.25) is 14.4 Å². The van der Waals surface area contributed by atoms with Gasteiger partial charge in [-0.1, -0.05) is 23.7 Å². The summed E-state index contributed by atoms with van der Waals surface area (Å²) in [5, 5.41) is 25.6. The summed E-state index contributed by atoms with van der Waals surface area (Å²) in [7, 11) is 0. The number of alkyl halides is 2. The highest BCUT2D eigenvalue weighted by molar-refractivity contribution is 6.30. The van der Waals surface area contributed by atoms with Crippen LogP contribution in [0.2, 0.25) is 5.02 Å². The lowest BCUT2D eigenvalue weighted by Gasteiger charge is -2.54. The maximum Gasteiger partial charge on any atom is 0.256 e. The number of aliphatic hydroxyl groups excluding tert-OH is 1. The van der Waals surface area contributed by atoms with Gasteiger partial charge in [-0.25, -0.2) is 8.78 Å². The number of nitrogens with zero attached hydrogens (tertiary/aromatic N) is 2. The number of piperidine rings is 2. The molecule has 5 rings (SSSR count). The van der Waals surface area contributed by atoms with Crippen LogP contribution in [0.15, 0.2) is 24.3 Å². The molecule has 6 atom stereocenters. The lowest BCUT2D eigenvalue weighted by molar-refractivity contribution is -0.198. The number of amides is 3. The highest BCUT2D eigenvalue weighted by atomic mass is 35.5. The van der Waals surface area contributed by atoms with Crippen LogP contribution < -0.4 is 10.6 Å². The second kappa shape index (κ2) is 9.47. The van der Waals surface area contributed by atoms with E-state index in [1.165, 1.54) is 12.1 Å². The third-order valence-corrected chi connectivity index (χ3v) is 7.25. The van der Waals surface area contributed by atoms with Gasteiger partial charge in [-0.05, 0) is 43.4 Å². The van der Waals surface area contributed by atoms with Gasteiger partial charge in [-0.2, -0.15) is 5.26 Å². The molecule has 3 N–H and O–H groups in total. The minimum atomic E-state index is -3.17. The molecular weight excluding hydrogens is 470 g/mol. The van der Waals surface area contributed by atoms with E-state index in [1.54, 1.807) is 12.1 Å². The summed E-state index contributed by atoms with van der Waals surface area (Å²) < 4.78 is 29.6. The zero-order valence-corrected chi connectivity index (χ0v) is 19.0. The third-order valence-electron chi connectivity index (χ3n) is 7.01. The Morgan fingerprint density at radius 1 is 1.35 bits per heavy atom. The van der Waals surface area contributed by atoms with Crippen molar-refractivity contribution in [1.82, 2.24) is 15.5 Å². The average Bonchev–Trinajstić information content (AvgIpc) is 3.20. The fourth-order valence-electron chi connectivity index (χ4n) is 5.34. The molecule has 182 valence electrons. The number of fused-ring (bicyclic) bond motifs is 3. The third kappa shape index (κ3) is 4.59. The zero-order chi connectivity index (χ0) is 24.6. The second-order valence-electron chi connectivity index (χ2n) is 9.15. The fraction of sp³-hybridized carbons (Fsp3) is 0.565. The van der Waals surface area contributed by atoms with Crippen molar-refractivity contribution >= 4 is 29.3 Å². The lowest BCUT2D eigenvalue weighted by Crippen LogP contribution is -2.69. The van der Waals surface area contributed by atoms with Crippen LogP contribution in [-0.4, -0.2) is 58.3 Å². The normalized spacial score (nSPS) is 29.1. The van der Waals surface area contributed by atoms with E-state index in [2.05, 4.69) is 10.6 Å². The molecule has 0 radical (unpaired) electrons. The minimum absolute atomic E-state index is 0.0368. The summed E-state index contributed by atoms with van der Waals surface area (Å²) in [6.07, 6.45) is -1.41. The van der Waals surface area contributed by atoms with Gasteiger partial charge in [0.25, 0.3) is 11.8 Å². The Hall–Kier alpha value is -2.77. The molecule has 4 fully saturated rings. The molecule has 8 nitrogen and oxygen atoms in total. The highest BCUT2D eigenvalue weighted by Gasteiger charge is 2.61. The lowest BCUT2D eigenvalue weighted by atomic mass is 9.71. The number of hydrogen-bond donors (Lipinski definition) is 3. The Bertz CT molecular complexity index is 1030.